The van der Waals surface area contributed by atoms with Gasteiger partial charge in [0.25, 0.3) is 0 Å². The smallest absolute Gasteiger partial charge is 0.0625 e. The van der Waals surface area contributed by atoms with Gasteiger partial charge in [-0.3, -0.25) is 4.90 Å². The van der Waals surface area contributed by atoms with Crippen LogP contribution in [0, 0.1) is 71.0 Å². The van der Waals surface area contributed by atoms with Crippen LogP contribution >= 0.6 is 11.8 Å². The second kappa shape index (κ2) is 15.0. The van der Waals surface area contributed by atoms with E-state index in [1.165, 1.54) is 141 Å². The summed E-state index contributed by atoms with van der Waals surface area (Å²) in [5.74, 6) is 11.9. The van der Waals surface area contributed by atoms with Gasteiger partial charge in [0.05, 0.1) is 24.4 Å². The van der Waals surface area contributed by atoms with Crippen molar-refractivity contribution in [2.24, 2.45) is 71.0 Å². The topological polar surface area (TPSA) is 21.7 Å². The summed E-state index contributed by atoms with van der Waals surface area (Å²) >= 11 is 2.61. The van der Waals surface area contributed by atoms with Crippen LogP contribution in [0.25, 0.3) is 0 Å². The first-order chi connectivity index (χ1) is 26.8. The summed E-state index contributed by atoms with van der Waals surface area (Å²) in [6, 6.07) is 2.45. The van der Waals surface area contributed by atoms with Crippen LogP contribution in [0.3, 0.4) is 0 Å². The zero-order chi connectivity index (χ0) is 35.3. The minimum Gasteiger partial charge on any atom is -0.374 e. The lowest BCUT2D eigenvalue weighted by atomic mass is 9.59. The molecule has 3 saturated heterocycles. The van der Waals surface area contributed by atoms with Crippen molar-refractivity contribution < 1.29 is 9.47 Å². The molecule has 0 aromatic heterocycles. The molecule has 302 valence electrons. The maximum absolute atomic E-state index is 7.34. The maximum atomic E-state index is 7.34. The lowest BCUT2D eigenvalue weighted by Gasteiger charge is -2.53. The number of hydrogen-bond acceptors (Lipinski definition) is 4. The van der Waals surface area contributed by atoms with Crippen molar-refractivity contribution in [2.75, 3.05) is 0 Å². The van der Waals surface area contributed by atoms with Gasteiger partial charge in [0, 0.05) is 34.5 Å². The van der Waals surface area contributed by atoms with E-state index in [0.29, 0.717) is 24.4 Å². The molecule has 19 atom stereocenters. The molecule has 0 aromatic carbocycles. The second-order valence-corrected chi connectivity index (χ2v) is 24.1. The number of thioether (sulfide) groups is 1. The molecule has 0 aromatic rings. The number of hydrogen-bond donors (Lipinski definition) is 0. The number of rotatable bonds is 4. The highest BCUT2D eigenvalue weighted by molar-refractivity contribution is 8.00. The number of nitrogens with zero attached hydrogens (tertiary/aromatic N) is 1. The molecule has 0 bridgehead atoms. The fourth-order valence-electron chi connectivity index (χ4n) is 19.0. The molecule has 19 unspecified atom stereocenters. The summed E-state index contributed by atoms with van der Waals surface area (Å²) in [7, 11) is 0. The average Bonchev–Trinajstić information content (AvgIpc) is 3.92. The third kappa shape index (κ3) is 6.07. The SMILES string of the molecule is C1CCC2C(C1)CCCC2C1CCC(N(C2CCC3C(C2)OC2CCC4CCCCC4C23)C2CCCC3C4CCC5OC6CCCCC6C5C4SC32)CC1. The lowest BCUT2D eigenvalue weighted by Crippen LogP contribution is -2.58. The molecular weight excluding hydrogens is 679 g/mol. The standard InChI is InChI=1S/C50H79NO2S/c1-3-12-35-30(9-1)11-7-15-36(35)32-19-22-33(23-20-32)51(34-24-25-41-46(29-34)53-44-27-21-31-10-2-4-13-37(31)47(41)44)42-17-8-16-38-39-26-28-45-48(50(39)54-49(38)42)40-14-5-6-18-43(40)52-45/h30-50H,1-29H2. The summed E-state index contributed by atoms with van der Waals surface area (Å²) in [6.45, 7) is 0. The van der Waals surface area contributed by atoms with Crippen LogP contribution in [-0.4, -0.2) is 57.9 Å². The first-order valence-corrected chi connectivity index (χ1v) is 26.4. The van der Waals surface area contributed by atoms with E-state index in [9.17, 15) is 0 Å². The molecule has 12 aliphatic rings. The Kier molecular flexibility index (Phi) is 10.1. The normalized spacial score (nSPS) is 56.7. The molecule has 9 saturated carbocycles. The maximum Gasteiger partial charge on any atom is 0.0625 e. The van der Waals surface area contributed by atoms with E-state index in [0.717, 1.165) is 99.6 Å². The summed E-state index contributed by atoms with van der Waals surface area (Å²) in [4.78, 5) is 3.42. The Morgan fingerprint density at radius 2 is 0.870 bits per heavy atom. The number of fused-ring (bicyclic) bond motifs is 13. The van der Waals surface area contributed by atoms with E-state index in [4.69, 9.17) is 9.47 Å². The second-order valence-electron chi connectivity index (χ2n) is 22.7. The van der Waals surface area contributed by atoms with Gasteiger partial charge in [0.15, 0.2) is 0 Å². The van der Waals surface area contributed by atoms with Gasteiger partial charge in [-0.15, -0.1) is 0 Å². The van der Waals surface area contributed by atoms with E-state index >= 15 is 0 Å². The molecule has 0 spiro atoms. The van der Waals surface area contributed by atoms with Crippen LogP contribution in [0.2, 0.25) is 0 Å². The van der Waals surface area contributed by atoms with Crippen molar-refractivity contribution in [3.63, 3.8) is 0 Å². The monoisotopic (exact) mass is 758 g/mol. The minimum absolute atomic E-state index is 0.571. The highest BCUT2D eigenvalue weighted by Gasteiger charge is 2.61. The van der Waals surface area contributed by atoms with E-state index in [1.54, 1.807) is 44.9 Å². The van der Waals surface area contributed by atoms with Gasteiger partial charge in [-0.2, -0.15) is 11.8 Å². The summed E-state index contributed by atoms with van der Waals surface area (Å²) < 4.78 is 14.3. The van der Waals surface area contributed by atoms with Gasteiger partial charge in [-0.05, 0) is 181 Å². The van der Waals surface area contributed by atoms with Crippen LogP contribution in [0.15, 0.2) is 0 Å². The van der Waals surface area contributed by atoms with Gasteiger partial charge in [-0.25, -0.2) is 0 Å². The van der Waals surface area contributed by atoms with Crippen molar-refractivity contribution >= 4 is 11.8 Å². The van der Waals surface area contributed by atoms with Gasteiger partial charge >= 0.3 is 0 Å². The summed E-state index contributed by atoms with van der Waals surface area (Å²) in [6.07, 6.45) is 45.9. The zero-order valence-electron chi connectivity index (χ0n) is 34.3. The third-order valence-corrected chi connectivity index (χ3v) is 22.8. The first-order valence-electron chi connectivity index (χ1n) is 25.5. The summed E-state index contributed by atoms with van der Waals surface area (Å²) in [5.41, 5.74) is 0. The Labute approximate surface area is 335 Å². The van der Waals surface area contributed by atoms with Gasteiger partial charge in [0.2, 0.25) is 0 Å². The minimum atomic E-state index is 0.571. The molecule has 0 radical (unpaired) electrons. The van der Waals surface area contributed by atoms with Crippen LogP contribution in [0.5, 0.6) is 0 Å². The Balaban J connectivity index is 0.811. The molecule has 0 amide bonds. The van der Waals surface area contributed by atoms with Crippen molar-refractivity contribution in [3.05, 3.63) is 0 Å². The van der Waals surface area contributed by atoms with Crippen molar-refractivity contribution in [2.45, 2.75) is 239 Å². The van der Waals surface area contributed by atoms with Crippen LogP contribution in [0.1, 0.15) is 186 Å². The van der Waals surface area contributed by atoms with Gasteiger partial charge in [-0.1, -0.05) is 70.6 Å². The molecule has 3 heterocycles. The quantitative estimate of drug-likeness (QED) is 0.285. The average molecular weight is 758 g/mol. The molecular formula is C50H79NO2S. The Hall–Kier alpha value is 0.230. The predicted molar refractivity (Wildman–Crippen MR) is 221 cm³/mol. The van der Waals surface area contributed by atoms with Crippen LogP contribution in [-0.2, 0) is 9.47 Å². The van der Waals surface area contributed by atoms with Crippen LogP contribution in [0.4, 0.5) is 0 Å². The lowest BCUT2D eigenvalue weighted by molar-refractivity contribution is -0.0531. The van der Waals surface area contributed by atoms with Crippen molar-refractivity contribution in [3.8, 4) is 0 Å². The molecule has 12 fully saturated rings. The van der Waals surface area contributed by atoms with Crippen molar-refractivity contribution in [1.82, 2.24) is 4.90 Å². The van der Waals surface area contributed by atoms with Gasteiger partial charge in [0.1, 0.15) is 0 Å². The van der Waals surface area contributed by atoms with E-state index in [2.05, 4.69) is 16.7 Å². The highest BCUT2D eigenvalue weighted by atomic mass is 32.2. The number of ether oxygens (including phenoxy) is 2. The Morgan fingerprint density at radius 3 is 1.74 bits per heavy atom. The molecule has 12 rings (SSSR count). The highest BCUT2D eigenvalue weighted by Crippen LogP contribution is 2.63. The fourth-order valence-corrected chi connectivity index (χ4v) is 21.4. The van der Waals surface area contributed by atoms with E-state index < -0.39 is 0 Å². The van der Waals surface area contributed by atoms with Crippen LogP contribution < -0.4 is 0 Å². The molecule has 0 N–H and O–H groups in total. The first kappa shape index (κ1) is 36.1. The molecule has 3 nitrogen and oxygen atoms in total. The molecule has 9 aliphatic carbocycles. The largest absolute Gasteiger partial charge is 0.374 e. The van der Waals surface area contributed by atoms with Crippen molar-refractivity contribution in [1.29, 1.82) is 0 Å². The summed E-state index contributed by atoms with van der Waals surface area (Å²) in [5, 5.41) is 1.79. The van der Waals surface area contributed by atoms with Gasteiger partial charge < -0.3 is 9.47 Å². The Bertz CT molecular complexity index is 1310. The Morgan fingerprint density at radius 1 is 0.333 bits per heavy atom. The zero-order valence-corrected chi connectivity index (χ0v) is 35.1. The van der Waals surface area contributed by atoms with E-state index in [1.807, 2.05) is 0 Å². The molecule has 54 heavy (non-hydrogen) atoms. The fraction of sp³-hybridized carbons (Fsp3) is 1.00. The van der Waals surface area contributed by atoms with E-state index in [-0.39, 0.29) is 0 Å². The third-order valence-electron chi connectivity index (χ3n) is 20.9. The molecule has 3 aliphatic heterocycles. The predicted octanol–water partition coefficient (Wildman–Crippen LogP) is 12.2. The molecule has 4 heteroatoms.